The predicted octanol–water partition coefficient (Wildman–Crippen LogP) is 1.67. The molecule has 1 aromatic rings. The first-order valence-corrected chi connectivity index (χ1v) is 6.85. The first-order valence-electron chi connectivity index (χ1n) is 6.85. The van der Waals surface area contributed by atoms with Gasteiger partial charge in [-0.05, 0) is 39.3 Å². The molecule has 0 atom stereocenters. The molecule has 1 aromatic heterocycles. The zero-order chi connectivity index (χ0) is 13.5. The van der Waals surface area contributed by atoms with Gasteiger partial charge in [0.1, 0.15) is 12.2 Å². The summed E-state index contributed by atoms with van der Waals surface area (Å²) >= 11 is 0. The lowest BCUT2D eigenvalue weighted by Gasteiger charge is -2.24. The lowest BCUT2D eigenvalue weighted by atomic mass is 10.2. The first-order chi connectivity index (χ1) is 8.54. The summed E-state index contributed by atoms with van der Waals surface area (Å²) in [4.78, 5) is 6.79. The highest BCUT2D eigenvalue weighted by Crippen LogP contribution is 2.10. The fourth-order valence-corrected chi connectivity index (χ4v) is 2.08. The number of nitrogens with zero attached hydrogens (tertiary/aromatic N) is 4. The molecule has 1 heterocycles. The summed E-state index contributed by atoms with van der Waals surface area (Å²) < 4.78 is 2.00. The van der Waals surface area contributed by atoms with E-state index >= 15 is 0 Å². The largest absolute Gasteiger partial charge is 0.330 e. The highest BCUT2D eigenvalue weighted by atomic mass is 15.4. The summed E-state index contributed by atoms with van der Waals surface area (Å²) in [5.41, 5.74) is 5.60. The molecule has 0 amide bonds. The molecule has 0 spiro atoms. The standard InChI is InChI=1S/C13H27N5/c1-11(2)8-17(7-5-6-14)9-13-15-10-16-18(13)12(3)4/h10-12H,5-9,14H2,1-4H3. The third-order valence-electron chi connectivity index (χ3n) is 2.80. The van der Waals surface area contributed by atoms with E-state index in [1.54, 1.807) is 6.33 Å². The fraction of sp³-hybridized carbons (Fsp3) is 0.846. The number of hydrogen-bond donors (Lipinski definition) is 1. The van der Waals surface area contributed by atoms with Gasteiger partial charge in [0.2, 0.25) is 0 Å². The van der Waals surface area contributed by atoms with Crippen LogP contribution in [0.25, 0.3) is 0 Å². The molecule has 0 saturated heterocycles. The van der Waals surface area contributed by atoms with Crippen molar-refractivity contribution in [1.82, 2.24) is 19.7 Å². The van der Waals surface area contributed by atoms with Gasteiger partial charge in [-0.1, -0.05) is 13.8 Å². The molecule has 5 heteroatoms. The fourth-order valence-electron chi connectivity index (χ4n) is 2.08. The molecule has 2 N–H and O–H groups in total. The van der Waals surface area contributed by atoms with Crippen molar-refractivity contribution in [2.45, 2.75) is 46.7 Å². The molecule has 0 bridgehead atoms. The van der Waals surface area contributed by atoms with Crippen LogP contribution in [0.5, 0.6) is 0 Å². The summed E-state index contributed by atoms with van der Waals surface area (Å²) in [6, 6.07) is 0.359. The van der Waals surface area contributed by atoms with Crippen molar-refractivity contribution >= 4 is 0 Å². The topological polar surface area (TPSA) is 60.0 Å². The van der Waals surface area contributed by atoms with Crippen molar-refractivity contribution in [1.29, 1.82) is 0 Å². The monoisotopic (exact) mass is 253 g/mol. The number of hydrogen-bond acceptors (Lipinski definition) is 4. The maximum absolute atomic E-state index is 5.60. The second kappa shape index (κ2) is 7.48. The van der Waals surface area contributed by atoms with Crippen molar-refractivity contribution in [2.75, 3.05) is 19.6 Å². The number of rotatable bonds is 8. The minimum atomic E-state index is 0.359. The van der Waals surface area contributed by atoms with E-state index in [2.05, 4.69) is 42.7 Å². The molecular weight excluding hydrogens is 226 g/mol. The van der Waals surface area contributed by atoms with E-state index in [1.165, 1.54) is 0 Å². The number of nitrogens with two attached hydrogens (primary N) is 1. The summed E-state index contributed by atoms with van der Waals surface area (Å²) in [5.74, 6) is 1.70. The highest BCUT2D eigenvalue weighted by molar-refractivity contribution is 4.86. The normalized spacial score (nSPS) is 12.0. The Morgan fingerprint density at radius 1 is 1.33 bits per heavy atom. The summed E-state index contributed by atoms with van der Waals surface area (Å²) in [5, 5.41) is 4.28. The Bertz CT molecular complexity index is 332. The molecule has 0 fully saturated rings. The maximum Gasteiger partial charge on any atom is 0.141 e. The van der Waals surface area contributed by atoms with E-state index in [-0.39, 0.29) is 0 Å². The van der Waals surface area contributed by atoms with Crippen molar-refractivity contribution in [3.63, 3.8) is 0 Å². The van der Waals surface area contributed by atoms with Crippen molar-refractivity contribution in [3.8, 4) is 0 Å². The van der Waals surface area contributed by atoms with Crippen LogP contribution < -0.4 is 5.73 Å². The van der Waals surface area contributed by atoms with E-state index in [4.69, 9.17) is 5.73 Å². The molecule has 0 aliphatic rings. The minimum Gasteiger partial charge on any atom is -0.330 e. The van der Waals surface area contributed by atoms with Crippen LogP contribution in [0.3, 0.4) is 0 Å². The Morgan fingerprint density at radius 2 is 2.06 bits per heavy atom. The zero-order valence-corrected chi connectivity index (χ0v) is 12.1. The van der Waals surface area contributed by atoms with Crippen molar-refractivity contribution in [3.05, 3.63) is 12.2 Å². The molecule has 0 aromatic carbocycles. The van der Waals surface area contributed by atoms with Crippen LogP contribution in [-0.2, 0) is 6.54 Å². The summed E-state index contributed by atoms with van der Waals surface area (Å²) in [7, 11) is 0. The lowest BCUT2D eigenvalue weighted by Crippen LogP contribution is -2.31. The molecule has 104 valence electrons. The average molecular weight is 253 g/mol. The van der Waals surface area contributed by atoms with Crippen LogP contribution in [0.2, 0.25) is 0 Å². The van der Waals surface area contributed by atoms with Crippen molar-refractivity contribution in [2.24, 2.45) is 11.7 Å². The molecule has 0 aliphatic heterocycles. The van der Waals surface area contributed by atoms with E-state index in [0.717, 1.165) is 38.4 Å². The molecule has 0 radical (unpaired) electrons. The molecule has 0 unspecified atom stereocenters. The van der Waals surface area contributed by atoms with Crippen LogP contribution in [0.1, 0.15) is 46.0 Å². The van der Waals surface area contributed by atoms with E-state index in [9.17, 15) is 0 Å². The Morgan fingerprint density at radius 3 is 2.61 bits per heavy atom. The van der Waals surface area contributed by atoms with Gasteiger partial charge < -0.3 is 5.73 Å². The molecule has 0 aliphatic carbocycles. The van der Waals surface area contributed by atoms with Gasteiger partial charge in [-0.15, -0.1) is 0 Å². The lowest BCUT2D eigenvalue weighted by molar-refractivity contribution is 0.223. The zero-order valence-electron chi connectivity index (χ0n) is 12.1. The molecule has 0 saturated carbocycles. The van der Waals surface area contributed by atoms with E-state index in [1.807, 2.05) is 4.68 Å². The number of aromatic nitrogens is 3. The third-order valence-corrected chi connectivity index (χ3v) is 2.80. The van der Waals surface area contributed by atoms with Crippen LogP contribution >= 0.6 is 0 Å². The van der Waals surface area contributed by atoms with Crippen LogP contribution in [-0.4, -0.2) is 39.3 Å². The smallest absolute Gasteiger partial charge is 0.141 e. The summed E-state index contributed by atoms with van der Waals surface area (Å²) in [6.07, 6.45) is 2.67. The van der Waals surface area contributed by atoms with Crippen LogP contribution in [0.15, 0.2) is 6.33 Å². The van der Waals surface area contributed by atoms with Gasteiger partial charge in [-0.25, -0.2) is 9.67 Å². The quantitative estimate of drug-likeness (QED) is 0.765. The maximum atomic E-state index is 5.60. The second-order valence-corrected chi connectivity index (χ2v) is 5.49. The van der Waals surface area contributed by atoms with Gasteiger partial charge >= 0.3 is 0 Å². The summed E-state index contributed by atoms with van der Waals surface area (Å²) in [6.45, 7) is 12.4. The molecule has 1 rings (SSSR count). The van der Waals surface area contributed by atoms with E-state index < -0.39 is 0 Å². The van der Waals surface area contributed by atoms with Gasteiger partial charge in [0, 0.05) is 12.6 Å². The first kappa shape index (κ1) is 15.1. The third kappa shape index (κ3) is 4.74. The highest BCUT2D eigenvalue weighted by Gasteiger charge is 2.13. The Hall–Kier alpha value is -0.940. The van der Waals surface area contributed by atoms with Gasteiger partial charge in [-0.2, -0.15) is 5.10 Å². The molecular formula is C13H27N5. The van der Waals surface area contributed by atoms with Crippen LogP contribution in [0, 0.1) is 5.92 Å². The molecule has 18 heavy (non-hydrogen) atoms. The molecule has 5 nitrogen and oxygen atoms in total. The van der Waals surface area contributed by atoms with Gasteiger partial charge in [0.15, 0.2) is 0 Å². The Balaban J connectivity index is 2.65. The second-order valence-electron chi connectivity index (χ2n) is 5.49. The van der Waals surface area contributed by atoms with Crippen molar-refractivity contribution < 1.29 is 0 Å². The Kier molecular flexibility index (Phi) is 6.29. The predicted molar refractivity (Wildman–Crippen MR) is 74.2 cm³/mol. The average Bonchev–Trinajstić information content (AvgIpc) is 2.73. The van der Waals surface area contributed by atoms with Gasteiger partial charge in [-0.3, -0.25) is 4.90 Å². The van der Waals surface area contributed by atoms with Gasteiger partial charge in [0.25, 0.3) is 0 Å². The minimum absolute atomic E-state index is 0.359. The Labute approximate surface area is 110 Å². The van der Waals surface area contributed by atoms with Gasteiger partial charge in [0.05, 0.1) is 6.54 Å². The SMILES string of the molecule is CC(C)CN(CCCN)Cc1ncnn1C(C)C. The van der Waals surface area contributed by atoms with E-state index in [0.29, 0.717) is 12.0 Å². The van der Waals surface area contributed by atoms with Crippen LogP contribution in [0.4, 0.5) is 0 Å².